The number of ether oxygens (including phenoxy) is 1. The van der Waals surface area contributed by atoms with Crippen molar-refractivity contribution in [2.24, 2.45) is 0 Å². The molecule has 0 bridgehead atoms. The molecule has 0 aromatic heterocycles. The van der Waals surface area contributed by atoms with Crippen LogP contribution < -0.4 is 0 Å². The average Bonchev–Trinajstić information content (AvgIpc) is 2.14. The summed E-state index contributed by atoms with van der Waals surface area (Å²) in [7, 11) is 0. The normalized spacial score (nSPS) is 34.9. The highest BCUT2D eigenvalue weighted by Gasteiger charge is 2.22. The van der Waals surface area contributed by atoms with E-state index in [0.29, 0.717) is 0 Å². The molecule has 0 spiro atoms. The van der Waals surface area contributed by atoms with Gasteiger partial charge in [-0.3, -0.25) is 0 Å². The smallest absolute Gasteiger partial charge is 0.155 e. The molecule has 0 aromatic carbocycles. The summed E-state index contributed by atoms with van der Waals surface area (Å²) in [5.74, 6) is 0. The third-order valence-corrected chi connectivity index (χ3v) is 1.55. The standard InChI is InChI=1S/C7H12O2/c1-5(2)6-3-4-7(8)9-6/h6-8H,1,3-4H2,2H3. The van der Waals surface area contributed by atoms with Gasteiger partial charge in [0.2, 0.25) is 0 Å². The van der Waals surface area contributed by atoms with Gasteiger partial charge in [0.15, 0.2) is 6.29 Å². The third-order valence-electron chi connectivity index (χ3n) is 1.55. The quantitative estimate of drug-likeness (QED) is 0.535. The lowest BCUT2D eigenvalue weighted by Gasteiger charge is -2.08. The highest BCUT2D eigenvalue weighted by molar-refractivity contribution is 4.99. The van der Waals surface area contributed by atoms with Crippen LogP contribution in [0.2, 0.25) is 0 Å². The van der Waals surface area contributed by atoms with Crippen LogP contribution in [0.25, 0.3) is 0 Å². The summed E-state index contributed by atoms with van der Waals surface area (Å²) in [4.78, 5) is 0. The van der Waals surface area contributed by atoms with Gasteiger partial charge in [0.05, 0.1) is 6.10 Å². The lowest BCUT2D eigenvalue weighted by molar-refractivity contribution is -0.0803. The van der Waals surface area contributed by atoms with E-state index < -0.39 is 6.29 Å². The van der Waals surface area contributed by atoms with E-state index in [9.17, 15) is 0 Å². The minimum Gasteiger partial charge on any atom is -0.368 e. The molecule has 0 amide bonds. The summed E-state index contributed by atoms with van der Waals surface area (Å²) in [6.07, 6.45) is 1.21. The number of hydrogen-bond acceptors (Lipinski definition) is 2. The van der Waals surface area contributed by atoms with E-state index in [4.69, 9.17) is 9.84 Å². The first-order valence-corrected chi connectivity index (χ1v) is 3.19. The van der Waals surface area contributed by atoms with Crippen LogP contribution in [0.1, 0.15) is 19.8 Å². The first-order chi connectivity index (χ1) is 4.20. The molecule has 1 aliphatic rings. The Labute approximate surface area is 55.1 Å². The third kappa shape index (κ3) is 1.53. The van der Waals surface area contributed by atoms with Gasteiger partial charge in [0, 0.05) is 6.42 Å². The molecule has 0 aliphatic carbocycles. The first kappa shape index (κ1) is 6.78. The zero-order valence-corrected chi connectivity index (χ0v) is 5.63. The molecule has 1 aliphatic heterocycles. The number of hydrogen-bond donors (Lipinski definition) is 1. The number of rotatable bonds is 1. The molecule has 9 heavy (non-hydrogen) atoms. The topological polar surface area (TPSA) is 29.5 Å². The van der Waals surface area contributed by atoms with Gasteiger partial charge in [-0.1, -0.05) is 12.2 Å². The lowest BCUT2D eigenvalue weighted by atomic mass is 10.1. The molecule has 0 radical (unpaired) electrons. The van der Waals surface area contributed by atoms with Crippen LogP contribution in [-0.2, 0) is 4.74 Å². The molecule has 2 heteroatoms. The summed E-state index contributed by atoms with van der Waals surface area (Å²) in [6.45, 7) is 5.65. The SMILES string of the molecule is C=C(C)C1CCC(O)O1. The number of aliphatic hydroxyl groups is 1. The lowest BCUT2D eigenvalue weighted by Crippen LogP contribution is -2.09. The summed E-state index contributed by atoms with van der Waals surface area (Å²) in [5, 5.41) is 8.89. The Kier molecular flexibility index (Phi) is 1.88. The highest BCUT2D eigenvalue weighted by Crippen LogP contribution is 2.21. The van der Waals surface area contributed by atoms with Crippen molar-refractivity contribution in [3.63, 3.8) is 0 Å². The first-order valence-electron chi connectivity index (χ1n) is 3.19. The molecule has 2 atom stereocenters. The molecular formula is C7H12O2. The predicted octanol–water partition coefficient (Wildman–Crippen LogP) is 1.06. The average molecular weight is 128 g/mol. The Hall–Kier alpha value is -0.340. The Bertz CT molecular complexity index is 120. The zero-order valence-electron chi connectivity index (χ0n) is 5.63. The minimum absolute atomic E-state index is 0.0972. The molecule has 0 aromatic rings. The van der Waals surface area contributed by atoms with E-state index in [1.165, 1.54) is 0 Å². The van der Waals surface area contributed by atoms with E-state index in [1.54, 1.807) is 0 Å². The van der Waals surface area contributed by atoms with Gasteiger partial charge in [-0.2, -0.15) is 0 Å². The Morgan fingerprint density at radius 3 is 2.56 bits per heavy atom. The van der Waals surface area contributed by atoms with Crippen molar-refractivity contribution >= 4 is 0 Å². The van der Waals surface area contributed by atoms with Crippen molar-refractivity contribution in [2.45, 2.75) is 32.2 Å². The Morgan fingerprint density at radius 2 is 2.33 bits per heavy atom. The Morgan fingerprint density at radius 1 is 1.67 bits per heavy atom. The van der Waals surface area contributed by atoms with E-state index >= 15 is 0 Å². The van der Waals surface area contributed by atoms with Crippen LogP contribution in [-0.4, -0.2) is 17.5 Å². The molecule has 1 saturated heterocycles. The second-order valence-corrected chi connectivity index (χ2v) is 2.50. The fraction of sp³-hybridized carbons (Fsp3) is 0.714. The molecule has 2 unspecified atom stereocenters. The van der Waals surface area contributed by atoms with Gasteiger partial charge >= 0.3 is 0 Å². The molecule has 52 valence electrons. The summed E-state index contributed by atoms with van der Waals surface area (Å²) in [6, 6.07) is 0. The van der Waals surface area contributed by atoms with Crippen LogP contribution in [0, 0.1) is 0 Å². The van der Waals surface area contributed by atoms with Crippen LogP contribution in [0.5, 0.6) is 0 Å². The molecule has 1 fully saturated rings. The summed E-state index contributed by atoms with van der Waals surface area (Å²) < 4.78 is 5.08. The maximum Gasteiger partial charge on any atom is 0.155 e. The van der Waals surface area contributed by atoms with Crippen molar-refractivity contribution in [1.29, 1.82) is 0 Å². The van der Waals surface area contributed by atoms with Crippen LogP contribution in [0.3, 0.4) is 0 Å². The Balaban J connectivity index is 2.39. The largest absolute Gasteiger partial charge is 0.368 e. The monoisotopic (exact) mass is 128 g/mol. The van der Waals surface area contributed by atoms with Gasteiger partial charge < -0.3 is 9.84 Å². The van der Waals surface area contributed by atoms with Crippen LogP contribution in [0.4, 0.5) is 0 Å². The predicted molar refractivity (Wildman–Crippen MR) is 34.9 cm³/mol. The zero-order chi connectivity index (χ0) is 6.85. The van der Waals surface area contributed by atoms with Crippen molar-refractivity contribution in [2.75, 3.05) is 0 Å². The van der Waals surface area contributed by atoms with Crippen molar-refractivity contribution in [1.82, 2.24) is 0 Å². The summed E-state index contributed by atoms with van der Waals surface area (Å²) >= 11 is 0. The van der Waals surface area contributed by atoms with Gasteiger partial charge in [-0.15, -0.1) is 0 Å². The molecule has 1 N–H and O–H groups in total. The van der Waals surface area contributed by atoms with E-state index in [2.05, 4.69) is 6.58 Å². The highest BCUT2D eigenvalue weighted by atomic mass is 16.6. The van der Waals surface area contributed by atoms with Crippen molar-refractivity contribution in [3.8, 4) is 0 Å². The van der Waals surface area contributed by atoms with Gasteiger partial charge in [-0.25, -0.2) is 0 Å². The molecule has 1 rings (SSSR count). The van der Waals surface area contributed by atoms with Crippen LogP contribution >= 0.6 is 0 Å². The molecule has 0 saturated carbocycles. The fourth-order valence-corrected chi connectivity index (χ4v) is 0.982. The van der Waals surface area contributed by atoms with Crippen molar-refractivity contribution < 1.29 is 9.84 Å². The van der Waals surface area contributed by atoms with E-state index in [1.807, 2.05) is 6.92 Å². The van der Waals surface area contributed by atoms with E-state index in [-0.39, 0.29) is 6.10 Å². The minimum atomic E-state index is -0.549. The second kappa shape index (κ2) is 2.50. The van der Waals surface area contributed by atoms with Gasteiger partial charge in [-0.05, 0) is 13.3 Å². The van der Waals surface area contributed by atoms with Gasteiger partial charge in [0.1, 0.15) is 0 Å². The molecule has 1 heterocycles. The number of aliphatic hydroxyl groups excluding tert-OH is 1. The van der Waals surface area contributed by atoms with E-state index in [0.717, 1.165) is 18.4 Å². The van der Waals surface area contributed by atoms with Gasteiger partial charge in [0.25, 0.3) is 0 Å². The molecule has 2 nitrogen and oxygen atoms in total. The maximum atomic E-state index is 8.89. The fourth-order valence-electron chi connectivity index (χ4n) is 0.982. The molecular weight excluding hydrogens is 116 g/mol. The second-order valence-electron chi connectivity index (χ2n) is 2.50. The van der Waals surface area contributed by atoms with Crippen LogP contribution in [0.15, 0.2) is 12.2 Å². The van der Waals surface area contributed by atoms with Crippen molar-refractivity contribution in [3.05, 3.63) is 12.2 Å². The maximum absolute atomic E-state index is 8.89. The summed E-state index contributed by atoms with van der Waals surface area (Å²) in [5.41, 5.74) is 1.01.